The van der Waals surface area contributed by atoms with Crippen LogP contribution in [-0.4, -0.2) is 21.4 Å². The van der Waals surface area contributed by atoms with Crippen LogP contribution in [0, 0.1) is 6.92 Å². The van der Waals surface area contributed by atoms with Crippen LogP contribution in [0.2, 0.25) is 18.1 Å². The first-order valence-corrected chi connectivity index (χ1v) is 11.0. The number of aryl methyl sites for hydroxylation is 1. The van der Waals surface area contributed by atoms with Gasteiger partial charge in [-0.15, -0.1) is 0 Å². The van der Waals surface area contributed by atoms with Crippen LogP contribution in [0.4, 0.5) is 0 Å². The third-order valence-electron chi connectivity index (χ3n) is 4.50. The minimum absolute atomic E-state index is 0.0441. The quantitative estimate of drug-likeness (QED) is 0.408. The normalized spacial score (nSPS) is 14.0. The second-order valence-electron chi connectivity index (χ2n) is 7.44. The summed E-state index contributed by atoms with van der Waals surface area (Å²) in [5.74, 6) is -0.333. The van der Waals surface area contributed by atoms with Crippen LogP contribution in [-0.2, 0) is 14.0 Å². The summed E-state index contributed by atoms with van der Waals surface area (Å²) >= 11 is 0. The van der Waals surface area contributed by atoms with Gasteiger partial charge in [-0.05, 0) is 37.0 Å². The fraction of sp³-hybridized carbons (Fsp3) is 0.526. The molecule has 23 heavy (non-hydrogen) atoms. The lowest BCUT2D eigenvalue weighted by Crippen LogP contribution is -2.41. The Morgan fingerprint density at radius 3 is 2.26 bits per heavy atom. The minimum atomic E-state index is -1.90. The highest BCUT2D eigenvalue weighted by atomic mass is 28.4. The summed E-state index contributed by atoms with van der Waals surface area (Å²) in [5, 5.41) is 0.141. The average Bonchev–Trinajstić information content (AvgIpc) is 2.45. The molecule has 0 aromatic heterocycles. The van der Waals surface area contributed by atoms with Crippen LogP contribution >= 0.6 is 0 Å². The summed E-state index contributed by atoms with van der Waals surface area (Å²) in [5.41, 5.74) is 2.37. The van der Waals surface area contributed by atoms with Crippen molar-refractivity contribution in [1.82, 2.24) is 0 Å². The lowest BCUT2D eigenvalue weighted by molar-refractivity contribution is -0.134. The summed E-state index contributed by atoms with van der Waals surface area (Å²) in [6, 6.07) is 8.42. The monoisotopic (exact) mass is 334 g/mol. The molecule has 1 atom stereocenters. The van der Waals surface area contributed by atoms with Gasteiger partial charge in [-0.1, -0.05) is 56.7 Å². The first-order valence-electron chi connectivity index (χ1n) is 8.05. The molecule has 0 bridgehead atoms. The predicted octanol–water partition coefficient (Wildman–Crippen LogP) is 5.18. The average molecular weight is 335 g/mol. The molecule has 0 N–H and O–H groups in total. The van der Waals surface area contributed by atoms with E-state index in [4.69, 9.17) is 4.43 Å². The highest BCUT2D eigenvalue weighted by Gasteiger charge is 2.39. The van der Waals surface area contributed by atoms with E-state index in [0.717, 1.165) is 5.56 Å². The minimum Gasteiger partial charge on any atom is -0.466 e. The molecule has 0 saturated carbocycles. The van der Waals surface area contributed by atoms with Crippen molar-refractivity contribution in [3.63, 3.8) is 0 Å². The zero-order chi connectivity index (χ0) is 17.7. The van der Waals surface area contributed by atoms with E-state index in [1.807, 2.05) is 6.08 Å². The Balaban J connectivity index is 2.99. The molecule has 1 rings (SSSR count). The van der Waals surface area contributed by atoms with E-state index in [0.29, 0.717) is 6.42 Å². The molecule has 4 heteroatoms. The van der Waals surface area contributed by atoms with Crippen LogP contribution in [0.1, 0.15) is 44.4 Å². The molecule has 0 radical (unpaired) electrons. The number of ether oxygens (including phenoxy) is 1. The number of hydrogen-bond acceptors (Lipinski definition) is 3. The van der Waals surface area contributed by atoms with Crippen molar-refractivity contribution in [2.75, 3.05) is 7.11 Å². The van der Waals surface area contributed by atoms with Gasteiger partial charge >= 0.3 is 5.97 Å². The Labute approximate surface area is 141 Å². The number of carbonyl (C=O) groups excluding carboxylic acids is 1. The maximum absolute atomic E-state index is 11.3. The van der Waals surface area contributed by atoms with Gasteiger partial charge in [0.25, 0.3) is 0 Å². The summed E-state index contributed by atoms with van der Waals surface area (Å²) in [6.07, 6.45) is 3.92. The number of methoxy groups -OCH3 is 1. The topological polar surface area (TPSA) is 35.5 Å². The molecule has 0 spiro atoms. The van der Waals surface area contributed by atoms with E-state index in [1.54, 1.807) is 0 Å². The van der Waals surface area contributed by atoms with Crippen LogP contribution in [0.3, 0.4) is 0 Å². The maximum atomic E-state index is 11.3. The van der Waals surface area contributed by atoms with Crippen molar-refractivity contribution in [3.05, 3.63) is 47.5 Å². The zero-order valence-electron chi connectivity index (χ0n) is 15.5. The molecule has 0 aliphatic heterocycles. The lowest BCUT2D eigenvalue weighted by atomic mass is 10.0. The standard InChI is InChI=1S/C19H30O3Si/c1-15-11-13-16(14-12-15)17(9-8-10-18(20)21-5)22-23(6,7)19(2,3)4/h8,10-14,17H,9H2,1-7H3/b10-8+. The largest absolute Gasteiger partial charge is 0.466 e. The third-order valence-corrected chi connectivity index (χ3v) is 8.98. The fourth-order valence-corrected chi connectivity index (χ4v) is 3.22. The van der Waals surface area contributed by atoms with Gasteiger partial charge in [0.1, 0.15) is 0 Å². The number of benzene rings is 1. The summed E-state index contributed by atoms with van der Waals surface area (Å²) < 4.78 is 11.2. The van der Waals surface area contributed by atoms with Crippen molar-refractivity contribution in [1.29, 1.82) is 0 Å². The van der Waals surface area contributed by atoms with E-state index >= 15 is 0 Å². The van der Waals surface area contributed by atoms with Gasteiger partial charge in [-0.25, -0.2) is 4.79 Å². The lowest BCUT2D eigenvalue weighted by Gasteiger charge is -2.39. The van der Waals surface area contributed by atoms with Crippen molar-refractivity contribution in [3.8, 4) is 0 Å². The van der Waals surface area contributed by atoms with Gasteiger partial charge in [0, 0.05) is 6.08 Å². The molecule has 1 aromatic rings. The highest BCUT2D eigenvalue weighted by molar-refractivity contribution is 6.74. The Morgan fingerprint density at radius 2 is 1.78 bits per heavy atom. The van der Waals surface area contributed by atoms with E-state index < -0.39 is 8.32 Å². The molecular weight excluding hydrogens is 304 g/mol. The van der Waals surface area contributed by atoms with Crippen LogP contribution in [0.5, 0.6) is 0 Å². The fourth-order valence-electron chi connectivity index (χ4n) is 1.92. The summed E-state index contributed by atoms with van der Waals surface area (Å²) in [6.45, 7) is 13.3. The van der Waals surface area contributed by atoms with Crippen molar-refractivity contribution in [2.45, 2.75) is 58.4 Å². The summed E-state index contributed by atoms with van der Waals surface area (Å²) in [7, 11) is -0.515. The van der Waals surface area contributed by atoms with E-state index in [-0.39, 0.29) is 17.1 Å². The molecule has 0 saturated heterocycles. The van der Waals surface area contributed by atoms with Crippen LogP contribution < -0.4 is 0 Å². The number of hydrogen-bond donors (Lipinski definition) is 0. The van der Waals surface area contributed by atoms with Gasteiger partial charge in [-0.3, -0.25) is 0 Å². The SMILES string of the molecule is COC(=O)/C=C/CC(O[Si](C)(C)C(C)(C)C)c1ccc(C)cc1. The second-order valence-corrected chi connectivity index (χ2v) is 12.2. The Bertz CT molecular complexity index is 539. The smallest absolute Gasteiger partial charge is 0.330 e. The molecular formula is C19H30O3Si. The molecule has 0 amide bonds. The molecule has 1 unspecified atom stereocenters. The molecule has 0 aliphatic carbocycles. The van der Waals surface area contributed by atoms with Gasteiger partial charge in [0.05, 0.1) is 13.2 Å². The van der Waals surface area contributed by atoms with Gasteiger partial charge < -0.3 is 9.16 Å². The molecule has 0 fully saturated rings. The van der Waals surface area contributed by atoms with Gasteiger partial charge in [-0.2, -0.15) is 0 Å². The van der Waals surface area contributed by atoms with Gasteiger partial charge in [0.2, 0.25) is 0 Å². The highest BCUT2D eigenvalue weighted by Crippen LogP contribution is 2.40. The maximum Gasteiger partial charge on any atom is 0.330 e. The number of carbonyl (C=O) groups is 1. The van der Waals surface area contributed by atoms with Crippen LogP contribution in [0.25, 0.3) is 0 Å². The molecule has 0 heterocycles. The van der Waals surface area contributed by atoms with Crippen LogP contribution in [0.15, 0.2) is 36.4 Å². The molecule has 0 aliphatic rings. The Kier molecular flexibility index (Phi) is 6.78. The van der Waals surface area contributed by atoms with Gasteiger partial charge in [0.15, 0.2) is 8.32 Å². The van der Waals surface area contributed by atoms with Crippen molar-refractivity contribution >= 4 is 14.3 Å². The number of rotatable bonds is 6. The first kappa shape index (κ1) is 19.7. The molecule has 1 aromatic carbocycles. The molecule has 128 valence electrons. The van der Waals surface area contributed by atoms with Crippen molar-refractivity contribution < 1.29 is 14.0 Å². The molecule has 3 nitrogen and oxygen atoms in total. The summed E-state index contributed by atoms with van der Waals surface area (Å²) in [4.78, 5) is 11.3. The Morgan fingerprint density at radius 1 is 1.22 bits per heavy atom. The predicted molar refractivity (Wildman–Crippen MR) is 98.0 cm³/mol. The Hall–Kier alpha value is -1.39. The van der Waals surface area contributed by atoms with E-state index in [9.17, 15) is 4.79 Å². The number of esters is 1. The zero-order valence-corrected chi connectivity index (χ0v) is 16.5. The third kappa shape index (κ3) is 5.96. The van der Waals surface area contributed by atoms with E-state index in [2.05, 4.69) is 69.8 Å². The van der Waals surface area contributed by atoms with Crippen molar-refractivity contribution in [2.24, 2.45) is 0 Å². The van der Waals surface area contributed by atoms with E-state index in [1.165, 1.54) is 18.7 Å². The first-order chi connectivity index (χ1) is 10.6. The second kappa shape index (κ2) is 7.93.